The van der Waals surface area contributed by atoms with Crippen LogP contribution >= 0.6 is 0 Å². The minimum Gasteiger partial charge on any atom is -0.457 e. The summed E-state index contributed by atoms with van der Waals surface area (Å²) in [5.74, 6) is 0.375. The fraction of sp³-hybridized carbons (Fsp3) is 0.0714. The molecule has 0 radical (unpaired) electrons. The SMILES string of the molecule is N=C(N)c1ccc(Oc2cccc(C(F)(F)F)c2)cc1. The van der Waals surface area contributed by atoms with Gasteiger partial charge in [-0.25, -0.2) is 0 Å². The van der Waals surface area contributed by atoms with Gasteiger partial charge in [0.1, 0.15) is 17.3 Å². The second-order valence-electron chi connectivity index (χ2n) is 4.07. The Hall–Kier alpha value is -2.50. The number of alkyl halides is 3. The van der Waals surface area contributed by atoms with Crippen molar-refractivity contribution in [3.05, 3.63) is 59.7 Å². The lowest BCUT2D eigenvalue weighted by atomic mass is 10.2. The Morgan fingerprint density at radius 1 is 1.00 bits per heavy atom. The molecule has 3 nitrogen and oxygen atoms in total. The first-order valence-electron chi connectivity index (χ1n) is 5.66. The lowest BCUT2D eigenvalue weighted by Gasteiger charge is -2.10. The molecular formula is C14H11F3N2O. The van der Waals surface area contributed by atoms with Crippen LogP contribution in [0.15, 0.2) is 48.5 Å². The van der Waals surface area contributed by atoms with Gasteiger partial charge < -0.3 is 10.5 Å². The highest BCUT2D eigenvalue weighted by atomic mass is 19.4. The van der Waals surface area contributed by atoms with Gasteiger partial charge in [-0.2, -0.15) is 13.2 Å². The number of nitrogens with one attached hydrogen (secondary N) is 1. The molecule has 0 saturated heterocycles. The van der Waals surface area contributed by atoms with Gasteiger partial charge in [-0.15, -0.1) is 0 Å². The number of ether oxygens (including phenoxy) is 1. The van der Waals surface area contributed by atoms with Gasteiger partial charge in [-0.1, -0.05) is 6.07 Å². The first kappa shape index (κ1) is 13.9. The Bertz CT molecular complexity index is 621. The van der Waals surface area contributed by atoms with Gasteiger partial charge in [-0.05, 0) is 42.5 Å². The van der Waals surface area contributed by atoms with Crippen LogP contribution in [0.25, 0.3) is 0 Å². The monoisotopic (exact) mass is 280 g/mol. The molecule has 20 heavy (non-hydrogen) atoms. The van der Waals surface area contributed by atoms with Gasteiger partial charge in [0.05, 0.1) is 5.56 Å². The number of nitrogens with two attached hydrogens (primary N) is 1. The number of benzene rings is 2. The molecule has 0 saturated carbocycles. The van der Waals surface area contributed by atoms with Crippen LogP contribution in [0.2, 0.25) is 0 Å². The van der Waals surface area contributed by atoms with Crippen LogP contribution in [0.1, 0.15) is 11.1 Å². The number of nitrogen functional groups attached to an aromatic ring is 1. The van der Waals surface area contributed by atoms with Crippen LogP contribution in [0.4, 0.5) is 13.2 Å². The molecule has 2 aromatic carbocycles. The summed E-state index contributed by atoms with van der Waals surface area (Å²) in [5, 5.41) is 7.24. The Kier molecular flexibility index (Phi) is 3.65. The van der Waals surface area contributed by atoms with E-state index in [-0.39, 0.29) is 11.6 Å². The zero-order valence-corrected chi connectivity index (χ0v) is 10.2. The third-order valence-corrected chi connectivity index (χ3v) is 2.56. The Morgan fingerprint density at radius 3 is 2.20 bits per heavy atom. The fourth-order valence-electron chi connectivity index (χ4n) is 1.57. The van der Waals surface area contributed by atoms with E-state index in [0.29, 0.717) is 11.3 Å². The van der Waals surface area contributed by atoms with Gasteiger partial charge in [0, 0.05) is 5.56 Å². The molecule has 6 heteroatoms. The molecule has 3 N–H and O–H groups in total. The lowest BCUT2D eigenvalue weighted by Crippen LogP contribution is -2.10. The highest BCUT2D eigenvalue weighted by molar-refractivity contribution is 5.94. The van der Waals surface area contributed by atoms with Crippen molar-refractivity contribution in [2.75, 3.05) is 0 Å². The summed E-state index contributed by atoms with van der Waals surface area (Å²) in [4.78, 5) is 0. The first-order chi connectivity index (χ1) is 9.36. The van der Waals surface area contributed by atoms with Crippen molar-refractivity contribution in [2.24, 2.45) is 5.73 Å². The normalized spacial score (nSPS) is 11.2. The van der Waals surface area contributed by atoms with E-state index in [1.54, 1.807) is 12.1 Å². The molecular weight excluding hydrogens is 269 g/mol. The van der Waals surface area contributed by atoms with Crippen molar-refractivity contribution in [1.29, 1.82) is 5.41 Å². The number of hydrogen-bond donors (Lipinski definition) is 2. The maximum atomic E-state index is 12.6. The summed E-state index contributed by atoms with van der Waals surface area (Å²) < 4.78 is 43.0. The number of halogens is 3. The molecule has 2 rings (SSSR count). The molecule has 0 aliphatic heterocycles. The lowest BCUT2D eigenvalue weighted by molar-refractivity contribution is -0.137. The zero-order chi connectivity index (χ0) is 14.8. The molecule has 0 unspecified atom stereocenters. The predicted octanol–water partition coefficient (Wildman–Crippen LogP) is 3.78. The largest absolute Gasteiger partial charge is 0.457 e. The fourth-order valence-corrected chi connectivity index (χ4v) is 1.57. The smallest absolute Gasteiger partial charge is 0.416 e. The van der Waals surface area contributed by atoms with E-state index < -0.39 is 11.7 Å². The molecule has 0 aliphatic rings. The molecule has 2 aromatic rings. The van der Waals surface area contributed by atoms with Crippen LogP contribution in [0.5, 0.6) is 11.5 Å². The molecule has 0 bridgehead atoms. The van der Waals surface area contributed by atoms with E-state index in [0.717, 1.165) is 12.1 Å². The topological polar surface area (TPSA) is 59.1 Å². The third kappa shape index (κ3) is 3.28. The maximum Gasteiger partial charge on any atom is 0.416 e. The first-order valence-corrected chi connectivity index (χ1v) is 5.66. The second kappa shape index (κ2) is 5.24. The van der Waals surface area contributed by atoms with Crippen molar-refractivity contribution >= 4 is 5.84 Å². The molecule has 0 amide bonds. The average Bonchev–Trinajstić information content (AvgIpc) is 2.38. The zero-order valence-electron chi connectivity index (χ0n) is 10.2. The molecule has 0 aliphatic carbocycles. The standard InChI is InChI=1S/C14H11F3N2O/c15-14(16,17)10-2-1-3-12(8-10)20-11-6-4-9(5-7-11)13(18)19/h1-8H,(H3,18,19). The third-order valence-electron chi connectivity index (χ3n) is 2.56. The molecule has 0 spiro atoms. The van der Waals surface area contributed by atoms with Crippen LogP contribution in [0, 0.1) is 5.41 Å². The Balaban J connectivity index is 2.20. The van der Waals surface area contributed by atoms with Gasteiger partial charge in [0.15, 0.2) is 0 Å². The number of rotatable bonds is 3. The number of hydrogen-bond acceptors (Lipinski definition) is 2. The van der Waals surface area contributed by atoms with Gasteiger partial charge in [0.25, 0.3) is 0 Å². The minimum atomic E-state index is -4.40. The van der Waals surface area contributed by atoms with Gasteiger partial charge >= 0.3 is 6.18 Å². The highest BCUT2D eigenvalue weighted by Gasteiger charge is 2.30. The summed E-state index contributed by atoms with van der Waals surface area (Å²) in [6.07, 6.45) is -4.40. The van der Waals surface area contributed by atoms with Crippen molar-refractivity contribution in [1.82, 2.24) is 0 Å². The van der Waals surface area contributed by atoms with E-state index >= 15 is 0 Å². The predicted molar refractivity (Wildman–Crippen MR) is 69.0 cm³/mol. The van der Waals surface area contributed by atoms with Gasteiger partial charge in [-0.3, -0.25) is 5.41 Å². The van der Waals surface area contributed by atoms with E-state index in [1.165, 1.54) is 24.3 Å². The Morgan fingerprint density at radius 2 is 1.65 bits per heavy atom. The number of amidine groups is 1. The van der Waals surface area contributed by atoms with E-state index in [9.17, 15) is 13.2 Å². The maximum absolute atomic E-state index is 12.6. The van der Waals surface area contributed by atoms with Crippen LogP contribution < -0.4 is 10.5 Å². The molecule has 104 valence electrons. The summed E-state index contributed by atoms with van der Waals surface area (Å²) in [6, 6.07) is 10.8. The van der Waals surface area contributed by atoms with Crippen LogP contribution in [-0.2, 0) is 6.18 Å². The second-order valence-corrected chi connectivity index (χ2v) is 4.07. The molecule has 0 aromatic heterocycles. The van der Waals surface area contributed by atoms with Crippen LogP contribution in [-0.4, -0.2) is 5.84 Å². The van der Waals surface area contributed by atoms with Crippen molar-refractivity contribution in [3.63, 3.8) is 0 Å². The Labute approximate surface area is 113 Å². The summed E-state index contributed by atoms with van der Waals surface area (Å²) >= 11 is 0. The average molecular weight is 280 g/mol. The van der Waals surface area contributed by atoms with E-state index in [2.05, 4.69) is 0 Å². The minimum absolute atomic E-state index is 0.0874. The molecule has 0 fully saturated rings. The quantitative estimate of drug-likeness (QED) is 0.664. The van der Waals surface area contributed by atoms with E-state index in [1.807, 2.05) is 0 Å². The van der Waals surface area contributed by atoms with Crippen molar-refractivity contribution < 1.29 is 17.9 Å². The summed E-state index contributed by atoms with van der Waals surface area (Å²) in [6.45, 7) is 0. The molecule has 0 heterocycles. The highest BCUT2D eigenvalue weighted by Crippen LogP contribution is 2.32. The van der Waals surface area contributed by atoms with E-state index in [4.69, 9.17) is 15.9 Å². The molecule has 0 atom stereocenters. The summed E-state index contributed by atoms with van der Waals surface area (Å²) in [5.41, 5.74) is 5.05. The van der Waals surface area contributed by atoms with Crippen LogP contribution in [0.3, 0.4) is 0 Å². The van der Waals surface area contributed by atoms with Gasteiger partial charge in [0.2, 0.25) is 0 Å². The van der Waals surface area contributed by atoms with Crippen molar-refractivity contribution in [3.8, 4) is 11.5 Å². The van der Waals surface area contributed by atoms with Crippen molar-refractivity contribution in [2.45, 2.75) is 6.18 Å². The summed E-state index contributed by atoms with van der Waals surface area (Å²) in [7, 11) is 0.